The summed E-state index contributed by atoms with van der Waals surface area (Å²) in [7, 11) is 0. The van der Waals surface area contributed by atoms with Crippen molar-refractivity contribution in [3.05, 3.63) is 40.9 Å². The van der Waals surface area contributed by atoms with Gasteiger partial charge in [0.15, 0.2) is 5.82 Å². The number of aromatic nitrogens is 4. The molecular weight excluding hydrogens is 406 g/mol. The Balaban J connectivity index is 1.49. The number of aliphatic hydroxyl groups excluding tert-OH is 1. The van der Waals surface area contributed by atoms with Gasteiger partial charge >= 0.3 is 0 Å². The van der Waals surface area contributed by atoms with Gasteiger partial charge in [0, 0.05) is 35.2 Å². The van der Waals surface area contributed by atoms with Crippen LogP contribution in [0, 0.1) is 5.92 Å². The highest BCUT2D eigenvalue weighted by molar-refractivity contribution is 9.10. The maximum Gasteiger partial charge on any atom is 0.159 e. The van der Waals surface area contributed by atoms with Crippen molar-refractivity contribution in [1.29, 1.82) is 0 Å². The third-order valence-electron chi connectivity index (χ3n) is 5.45. The predicted molar refractivity (Wildman–Crippen MR) is 111 cm³/mol. The number of benzene rings is 2. The molecule has 4 aromatic rings. The molecule has 1 aliphatic rings. The zero-order valence-corrected chi connectivity index (χ0v) is 16.3. The van der Waals surface area contributed by atoms with Gasteiger partial charge in [0.2, 0.25) is 0 Å². The Morgan fingerprint density at radius 2 is 1.96 bits per heavy atom. The molecule has 1 saturated heterocycles. The fourth-order valence-corrected chi connectivity index (χ4v) is 4.21. The quantitative estimate of drug-likeness (QED) is 0.461. The van der Waals surface area contributed by atoms with E-state index in [0.29, 0.717) is 12.5 Å². The number of hydrogen-bond acceptors (Lipinski definition) is 4. The van der Waals surface area contributed by atoms with Crippen molar-refractivity contribution < 1.29 is 5.11 Å². The van der Waals surface area contributed by atoms with Crippen molar-refractivity contribution >= 4 is 43.6 Å². The fourth-order valence-electron chi connectivity index (χ4n) is 3.85. The van der Waals surface area contributed by atoms with Crippen LogP contribution in [0.2, 0.25) is 0 Å². The summed E-state index contributed by atoms with van der Waals surface area (Å²) in [6.45, 7) is 2.26. The molecule has 2 aromatic carbocycles. The van der Waals surface area contributed by atoms with Crippen molar-refractivity contribution in [1.82, 2.24) is 20.2 Å². The zero-order valence-electron chi connectivity index (χ0n) is 14.7. The molecule has 3 N–H and O–H groups in total. The molecular formula is C20H20BrN5O. The average molecular weight is 426 g/mol. The highest BCUT2D eigenvalue weighted by Crippen LogP contribution is 2.30. The normalized spacial score (nSPS) is 15.9. The largest absolute Gasteiger partial charge is 0.396 e. The van der Waals surface area contributed by atoms with Gasteiger partial charge in [-0.2, -0.15) is 5.10 Å². The summed E-state index contributed by atoms with van der Waals surface area (Å²) in [5.74, 6) is 1.21. The Labute approximate surface area is 164 Å². The van der Waals surface area contributed by atoms with E-state index in [1.165, 1.54) is 5.69 Å². The van der Waals surface area contributed by atoms with Crippen molar-refractivity contribution in [2.45, 2.75) is 12.8 Å². The van der Waals surface area contributed by atoms with E-state index in [-0.39, 0.29) is 0 Å². The molecule has 5 rings (SSSR count). The molecule has 0 radical (unpaired) electrons. The van der Waals surface area contributed by atoms with Crippen LogP contribution in [-0.2, 0) is 0 Å². The van der Waals surface area contributed by atoms with Crippen LogP contribution >= 0.6 is 15.9 Å². The summed E-state index contributed by atoms with van der Waals surface area (Å²) in [6.07, 6.45) is 2.08. The standard InChI is InChI=1S/C20H20BrN5O/c21-13-1-3-16-15(9-13)19(25-24-16)20-22-17-4-2-14(10-18(17)23-20)26-7-5-12(11-27)6-8-26/h1-4,9-10,12,27H,5-8,11H2,(H,22,23)(H,24,25). The molecule has 0 unspecified atom stereocenters. The van der Waals surface area contributed by atoms with E-state index < -0.39 is 0 Å². The Hall–Kier alpha value is -2.38. The summed E-state index contributed by atoms with van der Waals surface area (Å²) < 4.78 is 1.02. The number of piperidine rings is 1. The van der Waals surface area contributed by atoms with E-state index >= 15 is 0 Å². The van der Waals surface area contributed by atoms with Gasteiger partial charge in [0.05, 0.1) is 16.6 Å². The van der Waals surface area contributed by atoms with Crippen molar-refractivity contribution in [3.63, 3.8) is 0 Å². The van der Waals surface area contributed by atoms with E-state index in [0.717, 1.165) is 63.9 Å². The van der Waals surface area contributed by atoms with E-state index in [2.05, 4.69) is 60.3 Å². The number of nitrogens with zero attached hydrogens (tertiary/aromatic N) is 3. The summed E-state index contributed by atoms with van der Waals surface area (Å²) >= 11 is 3.53. The number of nitrogens with one attached hydrogen (secondary N) is 2. The minimum atomic E-state index is 0.296. The Morgan fingerprint density at radius 3 is 2.78 bits per heavy atom. The van der Waals surface area contributed by atoms with Crippen LogP contribution in [0.5, 0.6) is 0 Å². The monoisotopic (exact) mass is 425 g/mol. The lowest BCUT2D eigenvalue weighted by atomic mass is 9.97. The number of rotatable bonds is 3. The third-order valence-corrected chi connectivity index (χ3v) is 5.95. The second kappa shape index (κ2) is 6.65. The van der Waals surface area contributed by atoms with E-state index in [4.69, 9.17) is 4.98 Å². The molecule has 0 amide bonds. The number of hydrogen-bond donors (Lipinski definition) is 3. The van der Waals surface area contributed by atoms with Gasteiger partial charge in [-0.3, -0.25) is 5.10 Å². The molecule has 0 atom stereocenters. The topological polar surface area (TPSA) is 80.8 Å². The molecule has 0 saturated carbocycles. The molecule has 6 nitrogen and oxygen atoms in total. The van der Waals surface area contributed by atoms with Gasteiger partial charge in [0.25, 0.3) is 0 Å². The highest BCUT2D eigenvalue weighted by Gasteiger charge is 2.19. The number of halogens is 1. The molecule has 1 fully saturated rings. The smallest absolute Gasteiger partial charge is 0.159 e. The van der Waals surface area contributed by atoms with Crippen molar-refractivity contribution in [2.24, 2.45) is 5.92 Å². The predicted octanol–water partition coefficient (Wildman–Crippen LogP) is 4.08. The Bertz CT molecular complexity index is 1110. The molecule has 3 heterocycles. The van der Waals surface area contributed by atoms with Crippen LogP contribution in [0.3, 0.4) is 0 Å². The van der Waals surface area contributed by atoms with Crippen LogP contribution in [0.25, 0.3) is 33.5 Å². The number of fused-ring (bicyclic) bond motifs is 2. The minimum Gasteiger partial charge on any atom is -0.396 e. The lowest BCUT2D eigenvalue weighted by molar-refractivity contribution is 0.203. The number of aromatic amines is 2. The average Bonchev–Trinajstić information content (AvgIpc) is 3.30. The fraction of sp³-hybridized carbons (Fsp3) is 0.300. The van der Waals surface area contributed by atoms with E-state index in [9.17, 15) is 5.11 Å². The van der Waals surface area contributed by atoms with E-state index in [1.807, 2.05) is 12.1 Å². The molecule has 0 bridgehead atoms. The SMILES string of the molecule is OCC1CCN(c2ccc3nc(-c4n[nH]c5ccc(Br)cc45)[nH]c3c2)CC1. The summed E-state index contributed by atoms with van der Waals surface area (Å²) in [5.41, 5.74) is 4.96. The van der Waals surface area contributed by atoms with Gasteiger partial charge in [-0.05, 0) is 55.2 Å². The molecule has 138 valence electrons. The van der Waals surface area contributed by atoms with Gasteiger partial charge in [-0.15, -0.1) is 0 Å². The van der Waals surface area contributed by atoms with Gasteiger partial charge in [-0.1, -0.05) is 15.9 Å². The van der Waals surface area contributed by atoms with Gasteiger partial charge < -0.3 is 15.0 Å². The molecule has 27 heavy (non-hydrogen) atoms. The Kier molecular flexibility index (Phi) is 4.13. The lowest BCUT2D eigenvalue weighted by Gasteiger charge is -2.32. The first-order chi connectivity index (χ1) is 13.2. The summed E-state index contributed by atoms with van der Waals surface area (Å²) in [5, 5.41) is 17.9. The minimum absolute atomic E-state index is 0.296. The summed E-state index contributed by atoms with van der Waals surface area (Å²) in [4.78, 5) is 10.6. The van der Waals surface area contributed by atoms with Crippen LogP contribution in [0.1, 0.15) is 12.8 Å². The van der Waals surface area contributed by atoms with E-state index in [1.54, 1.807) is 0 Å². The highest BCUT2D eigenvalue weighted by atomic mass is 79.9. The first-order valence-electron chi connectivity index (χ1n) is 9.21. The molecule has 0 spiro atoms. The van der Waals surface area contributed by atoms with Crippen LogP contribution in [0.4, 0.5) is 5.69 Å². The first-order valence-corrected chi connectivity index (χ1v) is 10.00. The number of H-pyrrole nitrogens is 2. The molecule has 1 aliphatic heterocycles. The second-order valence-electron chi connectivity index (χ2n) is 7.16. The van der Waals surface area contributed by atoms with Crippen LogP contribution < -0.4 is 4.90 Å². The second-order valence-corrected chi connectivity index (χ2v) is 8.08. The van der Waals surface area contributed by atoms with Gasteiger partial charge in [-0.25, -0.2) is 4.98 Å². The van der Waals surface area contributed by atoms with Crippen LogP contribution in [0.15, 0.2) is 40.9 Å². The number of aliphatic hydroxyl groups is 1. The zero-order chi connectivity index (χ0) is 18.4. The number of anilines is 1. The Morgan fingerprint density at radius 1 is 1.11 bits per heavy atom. The maximum absolute atomic E-state index is 9.33. The molecule has 0 aliphatic carbocycles. The first kappa shape index (κ1) is 16.8. The third kappa shape index (κ3) is 3.00. The molecule has 7 heteroatoms. The molecule has 2 aromatic heterocycles. The summed E-state index contributed by atoms with van der Waals surface area (Å²) in [6, 6.07) is 12.4. The van der Waals surface area contributed by atoms with Crippen molar-refractivity contribution in [3.8, 4) is 11.5 Å². The van der Waals surface area contributed by atoms with Gasteiger partial charge in [0.1, 0.15) is 5.69 Å². The maximum atomic E-state index is 9.33. The lowest BCUT2D eigenvalue weighted by Crippen LogP contribution is -2.34. The number of imidazole rings is 1. The van der Waals surface area contributed by atoms with Crippen LogP contribution in [-0.4, -0.2) is 45.0 Å². The van der Waals surface area contributed by atoms with Crippen molar-refractivity contribution in [2.75, 3.05) is 24.6 Å².